The number of anilines is 1. The molecule has 0 saturated heterocycles. The second-order valence-corrected chi connectivity index (χ2v) is 8.27. The minimum absolute atomic E-state index is 0. The lowest BCUT2D eigenvalue weighted by Crippen LogP contribution is -2.33. The number of fused-ring (bicyclic) bond motifs is 1. The zero-order valence-electron chi connectivity index (χ0n) is 17.1. The van der Waals surface area contributed by atoms with Gasteiger partial charge in [-0.25, -0.2) is 9.97 Å². The first-order valence-electron chi connectivity index (χ1n) is 9.78. The highest BCUT2D eigenvalue weighted by Crippen LogP contribution is 2.32. The van der Waals surface area contributed by atoms with Gasteiger partial charge in [-0.05, 0) is 43.0 Å². The van der Waals surface area contributed by atoms with Crippen molar-refractivity contribution in [1.29, 1.82) is 0 Å². The van der Waals surface area contributed by atoms with Crippen LogP contribution in [0.2, 0.25) is 0 Å². The molecule has 0 bridgehead atoms. The van der Waals surface area contributed by atoms with Gasteiger partial charge in [0.25, 0.3) is 0 Å². The highest BCUT2D eigenvalue weighted by molar-refractivity contribution is 7.22. The van der Waals surface area contributed by atoms with E-state index in [9.17, 15) is 4.79 Å². The van der Waals surface area contributed by atoms with Gasteiger partial charge in [-0.3, -0.25) is 9.69 Å². The van der Waals surface area contributed by atoms with Crippen molar-refractivity contribution >= 4 is 45.0 Å². The fourth-order valence-electron chi connectivity index (χ4n) is 3.50. The van der Waals surface area contributed by atoms with Crippen LogP contribution in [0.25, 0.3) is 10.2 Å². The predicted octanol–water partition coefficient (Wildman–Crippen LogP) is 5.20. The Morgan fingerprint density at radius 1 is 1.17 bits per heavy atom. The molecule has 0 aliphatic rings. The first-order valence-corrected chi connectivity index (χ1v) is 10.6. The molecular formula is C23H25ClN4OS. The maximum Gasteiger partial charge on any atom is 0.233 e. The molecule has 0 fully saturated rings. The van der Waals surface area contributed by atoms with Crippen LogP contribution in [0.5, 0.6) is 0 Å². The van der Waals surface area contributed by atoms with E-state index in [4.69, 9.17) is 4.98 Å². The highest BCUT2D eigenvalue weighted by Gasteiger charge is 2.20. The van der Waals surface area contributed by atoms with Gasteiger partial charge in [-0.1, -0.05) is 47.7 Å². The van der Waals surface area contributed by atoms with Gasteiger partial charge < -0.3 is 4.57 Å². The molecule has 0 aliphatic heterocycles. The molecule has 1 amide bonds. The number of rotatable bonds is 7. The second kappa shape index (κ2) is 9.87. The number of thiazole rings is 1. The third-order valence-electron chi connectivity index (χ3n) is 4.90. The number of carbonyl (C=O) groups is 1. The van der Waals surface area contributed by atoms with Crippen LogP contribution in [-0.4, -0.2) is 27.0 Å². The summed E-state index contributed by atoms with van der Waals surface area (Å²) in [4.78, 5) is 24.0. The number of benzene rings is 2. The zero-order chi connectivity index (χ0) is 20.2. The molecule has 5 nitrogen and oxygen atoms in total. The first kappa shape index (κ1) is 22.0. The fraction of sp³-hybridized carbons (Fsp3) is 0.261. The average molecular weight is 441 g/mol. The van der Waals surface area contributed by atoms with Gasteiger partial charge in [0.2, 0.25) is 5.91 Å². The Labute approximate surface area is 186 Å². The minimum Gasteiger partial charge on any atom is -0.337 e. The Bertz CT molecular complexity index is 1110. The number of imidazole rings is 1. The molecule has 0 spiro atoms. The van der Waals surface area contributed by atoms with Crippen molar-refractivity contribution in [2.75, 3.05) is 11.4 Å². The lowest BCUT2D eigenvalue weighted by atomic mass is 10.1. The van der Waals surface area contributed by atoms with Gasteiger partial charge in [0.1, 0.15) is 0 Å². The molecule has 4 aromatic rings. The number of aryl methyl sites for hydroxylation is 3. The smallest absolute Gasteiger partial charge is 0.233 e. The topological polar surface area (TPSA) is 51.0 Å². The van der Waals surface area contributed by atoms with Gasteiger partial charge in [0.05, 0.1) is 23.0 Å². The van der Waals surface area contributed by atoms with Crippen molar-refractivity contribution in [3.05, 3.63) is 77.9 Å². The molecule has 7 heteroatoms. The number of hydrogen-bond acceptors (Lipinski definition) is 4. The second-order valence-electron chi connectivity index (χ2n) is 7.29. The van der Waals surface area contributed by atoms with Gasteiger partial charge in [-0.15, -0.1) is 12.4 Å². The van der Waals surface area contributed by atoms with Crippen LogP contribution in [0.15, 0.2) is 61.2 Å². The van der Waals surface area contributed by atoms with E-state index in [0.717, 1.165) is 33.9 Å². The van der Waals surface area contributed by atoms with Crippen LogP contribution in [0, 0.1) is 13.8 Å². The molecule has 2 aromatic carbocycles. The fourth-order valence-corrected chi connectivity index (χ4v) is 4.56. The number of hydrogen-bond donors (Lipinski definition) is 0. The Morgan fingerprint density at radius 2 is 1.97 bits per heavy atom. The molecule has 0 radical (unpaired) electrons. The van der Waals surface area contributed by atoms with E-state index in [2.05, 4.69) is 31.0 Å². The molecule has 156 valence electrons. The molecule has 2 aromatic heterocycles. The number of aromatic nitrogens is 3. The van der Waals surface area contributed by atoms with Crippen molar-refractivity contribution in [2.24, 2.45) is 0 Å². The zero-order valence-corrected chi connectivity index (χ0v) is 18.7. The van der Waals surface area contributed by atoms with Crippen molar-refractivity contribution in [3.8, 4) is 0 Å². The Balaban J connectivity index is 0.00000256. The van der Waals surface area contributed by atoms with Gasteiger partial charge in [-0.2, -0.15) is 0 Å². The average Bonchev–Trinajstić information content (AvgIpc) is 3.35. The van der Waals surface area contributed by atoms with E-state index >= 15 is 0 Å². The molecule has 0 aliphatic carbocycles. The third kappa shape index (κ3) is 5.07. The summed E-state index contributed by atoms with van der Waals surface area (Å²) in [5.41, 5.74) is 4.38. The predicted molar refractivity (Wildman–Crippen MR) is 126 cm³/mol. The summed E-state index contributed by atoms with van der Waals surface area (Å²) in [5, 5.41) is 0.778. The molecular weight excluding hydrogens is 416 g/mol. The van der Waals surface area contributed by atoms with Gasteiger partial charge >= 0.3 is 0 Å². The number of nitrogens with zero attached hydrogens (tertiary/aromatic N) is 4. The van der Waals surface area contributed by atoms with E-state index in [1.165, 1.54) is 11.1 Å². The van der Waals surface area contributed by atoms with E-state index < -0.39 is 0 Å². The van der Waals surface area contributed by atoms with Crippen molar-refractivity contribution in [1.82, 2.24) is 14.5 Å². The quantitative estimate of drug-likeness (QED) is 0.397. The van der Waals surface area contributed by atoms with Gasteiger partial charge in [0, 0.05) is 25.5 Å². The normalized spacial score (nSPS) is 10.7. The summed E-state index contributed by atoms with van der Waals surface area (Å²) < 4.78 is 3.18. The summed E-state index contributed by atoms with van der Waals surface area (Å²) in [6.07, 6.45) is 6.74. The van der Waals surface area contributed by atoms with E-state index in [0.29, 0.717) is 13.0 Å². The van der Waals surface area contributed by atoms with Crippen molar-refractivity contribution in [3.63, 3.8) is 0 Å². The standard InChI is InChI=1S/C23H24N4OS.ClH/c1-17-13-18(2)22-20(14-17)25-23(29-22)27(11-6-10-26-12-9-24-16-26)21(28)15-19-7-4-3-5-8-19;/h3-5,7-9,12-14,16H,6,10-11,15H2,1-2H3;1H. The molecule has 0 atom stereocenters. The summed E-state index contributed by atoms with van der Waals surface area (Å²) in [6, 6.07) is 14.1. The maximum atomic E-state index is 13.2. The van der Waals surface area contributed by atoms with E-state index in [-0.39, 0.29) is 18.3 Å². The number of carbonyl (C=O) groups excluding carboxylic acids is 1. The summed E-state index contributed by atoms with van der Waals surface area (Å²) in [5.74, 6) is 0.0789. The SMILES string of the molecule is Cc1cc(C)c2sc(N(CCCn3ccnc3)C(=O)Cc3ccccc3)nc2c1.Cl. The maximum absolute atomic E-state index is 13.2. The molecule has 4 rings (SSSR count). The van der Waals surface area contributed by atoms with Crippen LogP contribution in [-0.2, 0) is 17.8 Å². The molecule has 0 unspecified atom stereocenters. The van der Waals surface area contributed by atoms with Crippen LogP contribution in [0.3, 0.4) is 0 Å². The summed E-state index contributed by atoms with van der Waals surface area (Å²) in [7, 11) is 0. The molecule has 30 heavy (non-hydrogen) atoms. The summed E-state index contributed by atoms with van der Waals surface area (Å²) >= 11 is 1.60. The Morgan fingerprint density at radius 3 is 2.70 bits per heavy atom. The van der Waals surface area contributed by atoms with E-state index in [1.54, 1.807) is 23.9 Å². The monoisotopic (exact) mass is 440 g/mol. The third-order valence-corrected chi connectivity index (χ3v) is 6.13. The minimum atomic E-state index is 0. The molecule has 2 heterocycles. The Kier molecular flexibility index (Phi) is 7.24. The summed E-state index contributed by atoms with van der Waals surface area (Å²) in [6.45, 7) is 5.63. The number of amides is 1. The van der Waals surface area contributed by atoms with E-state index in [1.807, 2.05) is 46.0 Å². The molecule has 0 saturated carbocycles. The molecule has 0 N–H and O–H groups in total. The van der Waals surface area contributed by atoms with Crippen LogP contribution >= 0.6 is 23.7 Å². The first-order chi connectivity index (χ1) is 14.1. The van der Waals surface area contributed by atoms with Crippen molar-refractivity contribution in [2.45, 2.75) is 33.2 Å². The van der Waals surface area contributed by atoms with Crippen LogP contribution in [0.1, 0.15) is 23.1 Å². The van der Waals surface area contributed by atoms with Crippen LogP contribution < -0.4 is 4.90 Å². The van der Waals surface area contributed by atoms with Crippen molar-refractivity contribution < 1.29 is 4.79 Å². The highest BCUT2D eigenvalue weighted by atomic mass is 35.5. The van der Waals surface area contributed by atoms with Gasteiger partial charge in [0.15, 0.2) is 5.13 Å². The lowest BCUT2D eigenvalue weighted by Gasteiger charge is -2.20. The largest absolute Gasteiger partial charge is 0.337 e. The lowest BCUT2D eigenvalue weighted by molar-refractivity contribution is -0.118. The van der Waals surface area contributed by atoms with Crippen LogP contribution in [0.4, 0.5) is 5.13 Å². The Hall–Kier alpha value is -2.70. The number of halogens is 1.